The minimum absolute atomic E-state index is 0.0825. The van der Waals surface area contributed by atoms with Gasteiger partial charge in [0.2, 0.25) is 5.69 Å². The van der Waals surface area contributed by atoms with Crippen LogP contribution in [-0.2, 0) is 26.2 Å². The third-order valence-electron chi connectivity index (χ3n) is 6.80. The average Bonchev–Trinajstić information content (AvgIpc) is 3.04. The smallest absolute Gasteiger partial charge is 0.314 e. The lowest BCUT2D eigenvalue weighted by Crippen LogP contribution is -2.27. The first-order valence-corrected chi connectivity index (χ1v) is 15.0. The summed E-state index contributed by atoms with van der Waals surface area (Å²) in [5.41, 5.74) is 3.92. The molecule has 0 radical (unpaired) electrons. The van der Waals surface area contributed by atoms with Gasteiger partial charge in [0.05, 0.1) is 0 Å². The van der Waals surface area contributed by atoms with Crippen LogP contribution in [-0.4, -0.2) is 9.97 Å². The van der Waals surface area contributed by atoms with Crippen molar-refractivity contribution >= 4 is 63.9 Å². The molecule has 44 heavy (non-hydrogen) atoms. The summed E-state index contributed by atoms with van der Waals surface area (Å²) in [4.78, 5) is 17.2. The molecule has 0 spiro atoms. The first-order valence-electron chi connectivity index (χ1n) is 13.5. The van der Waals surface area contributed by atoms with E-state index >= 15 is 0 Å². The number of benzene rings is 4. The van der Waals surface area contributed by atoms with E-state index in [1.807, 2.05) is 107 Å². The number of hydrogen-bond donors (Lipinski definition) is 0. The van der Waals surface area contributed by atoms with Crippen molar-refractivity contribution in [3.63, 3.8) is 0 Å². The fourth-order valence-corrected chi connectivity index (χ4v) is 5.15. The highest BCUT2D eigenvalue weighted by Crippen LogP contribution is 2.33. The molecule has 1 aromatic heterocycles. The Bertz CT molecular complexity index is 1580. The molecule has 0 amide bonds. The van der Waals surface area contributed by atoms with Gasteiger partial charge < -0.3 is 14.6 Å². The first-order chi connectivity index (χ1) is 21.3. The molecule has 0 saturated heterocycles. The Balaban J connectivity index is 1.58. The van der Waals surface area contributed by atoms with Gasteiger partial charge in [-0.1, -0.05) is 106 Å². The minimum Gasteiger partial charge on any atom is -0.358 e. The second-order valence-electron chi connectivity index (χ2n) is 9.98. The van der Waals surface area contributed by atoms with Gasteiger partial charge in [-0.25, -0.2) is 4.98 Å². The largest absolute Gasteiger partial charge is 0.358 e. The summed E-state index contributed by atoms with van der Waals surface area (Å²) >= 11 is 24.5. The zero-order chi connectivity index (χ0) is 31.1. The standard InChI is InChI=1S/C34H24Cl4N6/c1-40-32-34(44(21-25-6-14-29(37)15-7-25)22-26-8-16-30(38)17-9-26)41-31(18-39)33(42-32)43(19-23-2-10-27(35)11-3-23)20-24-4-12-28(36)13-5-24/h2-17H,19-22H2. The van der Waals surface area contributed by atoms with Gasteiger partial charge in [0.15, 0.2) is 5.82 Å². The van der Waals surface area contributed by atoms with E-state index in [0.29, 0.717) is 57.9 Å². The maximum absolute atomic E-state index is 10.3. The van der Waals surface area contributed by atoms with Crippen molar-refractivity contribution < 1.29 is 0 Å². The third-order valence-corrected chi connectivity index (χ3v) is 7.81. The summed E-state index contributed by atoms with van der Waals surface area (Å²) in [5, 5.41) is 12.8. The van der Waals surface area contributed by atoms with Crippen molar-refractivity contribution in [3.05, 3.63) is 157 Å². The molecule has 218 valence electrons. The number of anilines is 2. The quantitative estimate of drug-likeness (QED) is 0.140. The van der Waals surface area contributed by atoms with Crippen LogP contribution in [0.3, 0.4) is 0 Å². The molecule has 1 heterocycles. The predicted molar refractivity (Wildman–Crippen MR) is 179 cm³/mol. The van der Waals surface area contributed by atoms with E-state index in [1.165, 1.54) is 0 Å². The van der Waals surface area contributed by atoms with Crippen molar-refractivity contribution in [1.29, 1.82) is 5.26 Å². The molecule has 0 bridgehead atoms. The Labute approximate surface area is 276 Å². The molecule has 0 N–H and O–H groups in total. The Kier molecular flexibility index (Phi) is 10.2. The lowest BCUT2D eigenvalue weighted by molar-refractivity contribution is 0.761. The Hall–Kier alpha value is -4.30. The molecule has 0 aliphatic carbocycles. The molecular weight excluding hydrogens is 634 g/mol. The minimum atomic E-state index is 0.0825. The zero-order valence-corrected chi connectivity index (χ0v) is 26.3. The van der Waals surface area contributed by atoms with E-state index in [4.69, 9.17) is 62.9 Å². The van der Waals surface area contributed by atoms with Crippen LogP contribution in [0.5, 0.6) is 0 Å². The van der Waals surface area contributed by atoms with E-state index in [0.717, 1.165) is 22.3 Å². The topological polar surface area (TPSA) is 60.4 Å². The van der Waals surface area contributed by atoms with Crippen LogP contribution < -0.4 is 9.80 Å². The Morgan fingerprint density at radius 1 is 0.545 bits per heavy atom. The van der Waals surface area contributed by atoms with Gasteiger partial charge in [-0.3, -0.25) is 0 Å². The first kappa shape index (κ1) is 31.1. The molecule has 0 aliphatic heterocycles. The van der Waals surface area contributed by atoms with Gasteiger partial charge in [-0.05, 0) is 70.8 Å². The van der Waals surface area contributed by atoms with Gasteiger partial charge in [0.25, 0.3) is 5.82 Å². The highest BCUT2D eigenvalue weighted by molar-refractivity contribution is 6.31. The monoisotopic (exact) mass is 656 g/mol. The van der Waals surface area contributed by atoms with Crippen molar-refractivity contribution in [1.82, 2.24) is 9.97 Å². The molecule has 0 atom stereocenters. The third kappa shape index (κ3) is 7.99. The summed E-state index contributed by atoms with van der Waals surface area (Å²) in [7, 11) is 0. The number of rotatable bonds is 10. The summed E-state index contributed by atoms with van der Waals surface area (Å²) < 4.78 is 0. The lowest BCUT2D eigenvalue weighted by Gasteiger charge is -2.27. The van der Waals surface area contributed by atoms with Crippen LogP contribution in [0.1, 0.15) is 27.9 Å². The van der Waals surface area contributed by atoms with Crippen LogP contribution in [0.4, 0.5) is 17.5 Å². The summed E-state index contributed by atoms with van der Waals surface area (Å²) in [6.45, 7) is 9.69. The second kappa shape index (κ2) is 14.4. The van der Waals surface area contributed by atoms with Crippen LogP contribution >= 0.6 is 46.4 Å². The van der Waals surface area contributed by atoms with E-state index in [-0.39, 0.29) is 11.5 Å². The van der Waals surface area contributed by atoms with Crippen LogP contribution in [0.2, 0.25) is 20.1 Å². The number of halogens is 4. The number of aromatic nitrogens is 2. The molecule has 0 saturated carbocycles. The second-order valence-corrected chi connectivity index (χ2v) is 11.7. The van der Waals surface area contributed by atoms with Gasteiger partial charge in [-0.2, -0.15) is 5.26 Å². The molecule has 6 nitrogen and oxygen atoms in total. The highest BCUT2D eigenvalue weighted by atomic mass is 35.5. The van der Waals surface area contributed by atoms with Crippen LogP contribution in [0.25, 0.3) is 4.85 Å². The SMILES string of the molecule is [C-]#[N+]c1nc(N(Cc2ccc(Cl)cc2)Cc2ccc(Cl)cc2)c(C#N)nc1N(Cc1ccc(Cl)cc1)Cc1ccc(Cl)cc1. The molecule has 5 rings (SSSR count). The maximum atomic E-state index is 10.3. The molecule has 0 aliphatic rings. The Morgan fingerprint density at radius 3 is 1.16 bits per heavy atom. The van der Waals surface area contributed by atoms with Crippen molar-refractivity contribution in [2.45, 2.75) is 26.2 Å². The lowest BCUT2D eigenvalue weighted by atomic mass is 10.1. The summed E-state index contributed by atoms with van der Waals surface area (Å²) in [6, 6.07) is 32.1. The number of nitriles is 1. The normalized spacial score (nSPS) is 10.6. The van der Waals surface area contributed by atoms with E-state index in [9.17, 15) is 5.26 Å². The molecule has 4 aromatic carbocycles. The van der Waals surface area contributed by atoms with Crippen LogP contribution in [0, 0.1) is 17.9 Å². The number of hydrogen-bond acceptors (Lipinski definition) is 5. The maximum Gasteiger partial charge on any atom is 0.314 e. The number of nitrogens with zero attached hydrogens (tertiary/aromatic N) is 6. The van der Waals surface area contributed by atoms with Gasteiger partial charge in [0.1, 0.15) is 6.07 Å². The highest BCUT2D eigenvalue weighted by Gasteiger charge is 2.26. The fourth-order valence-electron chi connectivity index (χ4n) is 4.64. The molecule has 0 unspecified atom stereocenters. The van der Waals surface area contributed by atoms with Crippen molar-refractivity contribution in [2.75, 3.05) is 9.80 Å². The van der Waals surface area contributed by atoms with Crippen molar-refractivity contribution in [2.24, 2.45) is 0 Å². The van der Waals surface area contributed by atoms with E-state index in [1.54, 1.807) is 0 Å². The predicted octanol–water partition coefficient (Wildman–Crippen LogP) is 9.93. The van der Waals surface area contributed by atoms with Crippen LogP contribution in [0.15, 0.2) is 97.1 Å². The summed E-state index contributed by atoms with van der Waals surface area (Å²) in [5.74, 6) is 0.701. The van der Waals surface area contributed by atoms with Crippen molar-refractivity contribution in [3.8, 4) is 6.07 Å². The van der Waals surface area contributed by atoms with Gasteiger partial charge in [-0.15, -0.1) is 0 Å². The van der Waals surface area contributed by atoms with E-state index in [2.05, 4.69) is 10.9 Å². The van der Waals surface area contributed by atoms with E-state index < -0.39 is 0 Å². The molecular formula is C34H24Cl4N6. The molecule has 10 heteroatoms. The Morgan fingerprint density at radius 2 is 0.864 bits per heavy atom. The van der Waals surface area contributed by atoms with Gasteiger partial charge >= 0.3 is 5.82 Å². The zero-order valence-electron chi connectivity index (χ0n) is 23.3. The fraction of sp³-hybridized carbons (Fsp3) is 0.118. The summed E-state index contributed by atoms with van der Waals surface area (Å²) in [6.07, 6.45) is 0. The molecule has 5 aromatic rings. The van der Waals surface area contributed by atoms with Gasteiger partial charge in [0, 0.05) is 46.3 Å². The average molecular weight is 658 g/mol. The molecule has 0 fully saturated rings.